The van der Waals surface area contributed by atoms with Gasteiger partial charge >= 0.3 is 6.09 Å². The molecule has 2 aromatic carbocycles. The maximum absolute atomic E-state index is 11.8. The average molecular weight is 300 g/mol. The fraction of sp³-hybridized carbons (Fsp3) is 0.0667. The first-order chi connectivity index (χ1) is 10.3. The lowest BCUT2D eigenvalue weighted by Crippen LogP contribution is -2.16. The lowest BCUT2D eigenvalue weighted by molar-refractivity contribution is 0.215. The average Bonchev–Trinajstić information content (AvgIpc) is 2.90. The number of hydrogen-bond acceptors (Lipinski definition) is 5. The van der Waals surface area contributed by atoms with Gasteiger partial charge in [-0.15, -0.1) is 0 Å². The van der Waals surface area contributed by atoms with Gasteiger partial charge in [-0.2, -0.15) is 0 Å². The van der Waals surface area contributed by atoms with Gasteiger partial charge in [0.2, 0.25) is 0 Å². The smallest absolute Gasteiger partial charge is 0.418 e. The number of ether oxygens (including phenoxy) is 2. The molecule has 0 spiro atoms. The lowest BCUT2D eigenvalue weighted by atomic mass is 10.3. The van der Waals surface area contributed by atoms with Crippen LogP contribution in [0.3, 0.4) is 0 Å². The number of methoxy groups -OCH3 is 1. The molecule has 21 heavy (non-hydrogen) atoms. The topological polar surface area (TPSA) is 60.5 Å². The summed E-state index contributed by atoms with van der Waals surface area (Å²) in [5.41, 5.74) is 0.722. The molecule has 0 aliphatic carbocycles. The quantitative estimate of drug-likeness (QED) is 0.796. The molecule has 1 amide bonds. The van der Waals surface area contributed by atoms with Gasteiger partial charge in [-0.05, 0) is 24.3 Å². The van der Waals surface area contributed by atoms with Crippen molar-refractivity contribution in [3.63, 3.8) is 0 Å². The van der Waals surface area contributed by atoms with Crippen molar-refractivity contribution in [2.45, 2.75) is 0 Å². The number of hydrogen-bond donors (Lipinski definition) is 1. The van der Waals surface area contributed by atoms with Crippen LogP contribution in [0.1, 0.15) is 0 Å². The molecule has 1 N–H and O–H groups in total. The summed E-state index contributed by atoms with van der Waals surface area (Å²) in [5, 5.41) is 3.09. The zero-order chi connectivity index (χ0) is 14.7. The van der Waals surface area contributed by atoms with Crippen LogP contribution in [0, 0.1) is 0 Å². The van der Waals surface area contributed by atoms with Gasteiger partial charge in [0.15, 0.2) is 5.13 Å². The SMILES string of the molecule is COc1cccc2sc(NC(=O)Oc3ccccc3)nc12. The molecule has 0 aliphatic heterocycles. The highest BCUT2D eigenvalue weighted by Crippen LogP contribution is 2.32. The lowest BCUT2D eigenvalue weighted by Gasteiger charge is -2.03. The summed E-state index contributed by atoms with van der Waals surface area (Å²) >= 11 is 1.36. The van der Waals surface area contributed by atoms with Crippen LogP contribution in [-0.4, -0.2) is 18.2 Å². The van der Waals surface area contributed by atoms with Crippen LogP contribution in [0.25, 0.3) is 10.2 Å². The van der Waals surface area contributed by atoms with Crippen molar-refractivity contribution in [2.24, 2.45) is 0 Å². The molecule has 3 rings (SSSR count). The Hall–Kier alpha value is -2.60. The van der Waals surface area contributed by atoms with E-state index >= 15 is 0 Å². The Morgan fingerprint density at radius 1 is 1.14 bits per heavy atom. The third-order valence-electron chi connectivity index (χ3n) is 2.76. The predicted octanol–water partition coefficient (Wildman–Crippen LogP) is 3.92. The van der Waals surface area contributed by atoms with Crippen molar-refractivity contribution in [1.29, 1.82) is 0 Å². The first-order valence-corrected chi connectivity index (χ1v) is 7.05. The number of nitrogens with one attached hydrogen (secondary N) is 1. The number of carbonyl (C=O) groups is 1. The van der Waals surface area contributed by atoms with Crippen LogP contribution in [0.5, 0.6) is 11.5 Å². The van der Waals surface area contributed by atoms with E-state index in [4.69, 9.17) is 9.47 Å². The first-order valence-electron chi connectivity index (χ1n) is 6.23. The van der Waals surface area contributed by atoms with Crippen molar-refractivity contribution < 1.29 is 14.3 Å². The fourth-order valence-corrected chi connectivity index (χ4v) is 2.72. The van der Waals surface area contributed by atoms with E-state index < -0.39 is 6.09 Å². The second-order valence-electron chi connectivity index (χ2n) is 4.15. The van der Waals surface area contributed by atoms with Crippen molar-refractivity contribution in [2.75, 3.05) is 12.4 Å². The molecule has 6 heteroatoms. The van der Waals surface area contributed by atoms with E-state index in [1.807, 2.05) is 24.3 Å². The summed E-state index contributed by atoms with van der Waals surface area (Å²) in [6.07, 6.45) is -0.570. The molecule has 0 saturated heterocycles. The second kappa shape index (κ2) is 5.80. The first kappa shape index (κ1) is 13.4. The molecule has 0 bridgehead atoms. The summed E-state index contributed by atoms with van der Waals surface area (Å²) in [4.78, 5) is 16.2. The minimum Gasteiger partial charge on any atom is -0.494 e. The summed E-state index contributed by atoms with van der Waals surface area (Å²) in [7, 11) is 1.59. The number of carbonyl (C=O) groups excluding carboxylic acids is 1. The van der Waals surface area contributed by atoms with Crippen LogP contribution in [0.15, 0.2) is 48.5 Å². The number of benzene rings is 2. The molecule has 0 aliphatic rings. The highest BCUT2D eigenvalue weighted by atomic mass is 32.1. The summed E-state index contributed by atoms with van der Waals surface area (Å²) < 4.78 is 11.3. The Kier molecular flexibility index (Phi) is 3.70. The number of fused-ring (bicyclic) bond motifs is 1. The maximum Gasteiger partial charge on any atom is 0.418 e. The van der Waals surface area contributed by atoms with E-state index in [0.29, 0.717) is 16.6 Å². The molecular formula is C15H12N2O3S. The molecule has 1 heterocycles. The third-order valence-corrected chi connectivity index (χ3v) is 3.70. The molecule has 5 nitrogen and oxygen atoms in total. The molecule has 0 radical (unpaired) electrons. The molecule has 0 atom stereocenters. The zero-order valence-electron chi connectivity index (χ0n) is 11.2. The number of nitrogens with zero attached hydrogens (tertiary/aromatic N) is 1. The van der Waals surface area contributed by atoms with Crippen molar-refractivity contribution in [3.05, 3.63) is 48.5 Å². The Morgan fingerprint density at radius 2 is 1.95 bits per heavy atom. The van der Waals surface area contributed by atoms with Gasteiger partial charge in [-0.25, -0.2) is 9.78 Å². The van der Waals surface area contributed by atoms with Crippen LogP contribution in [-0.2, 0) is 0 Å². The van der Waals surface area contributed by atoms with Gasteiger partial charge in [-0.3, -0.25) is 5.32 Å². The van der Waals surface area contributed by atoms with Crippen LogP contribution >= 0.6 is 11.3 Å². The van der Waals surface area contributed by atoms with Gasteiger partial charge in [-0.1, -0.05) is 35.6 Å². The Bertz CT molecular complexity index is 771. The fourth-order valence-electron chi connectivity index (χ4n) is 1.85. The summed E-state index contributed by atoms with van der Waals surface area (Å²) in [6, 6.07) is 14.5. The van der Waals surface area contributed by atoms with Crippen LogP contribution < -0.4 is 14.8 Å². The van der Waals surface area contributed by atoms with Crippen molar-refractivity contribution in [1.82, 2.24) is 4.98 Å². The monoisotopic (exact) mass is 300 g/mol. The van der Waals surface area contributed by atoms with Gasteiger partial charge in [0.05, 0.1) is 11.8 Å². The molecule has 0 saturated carbocycles. The molecule has 3 aromatic rings. The maximum atomic E-state index is 11.8. The second-order valence-corrected chi connectivity index (χ2v) is 5.18. The van der Waals surface area contributed by atoms with Crippen LogP contribution in [0.2, 0.25) is 0 Å². The van der Waals surface area contributed by atoms with E-state index in [0.717, 1.165) is 10.2 Å². The highest BCUT2D eigenvalue weighted by Gasteiger charge is 2.11. The van der Waals surface area contributed by atoms with Crippen molar-refractivity contribution in [3.8, 4) is 11.5 Å². The number of para-hydroxylation sites is 2. The zero-order valence-corrected chi connectivity index (χ0v) is 12.0. The predicted molar refractivity (Wildman–Crippen MR) is 82.3 cm³/mol. The van der Waals surface area contributed by atoms with Crippen molar-refractivity contribution >= 4 is 32.8 Å². The van der Waals surface area contributed by atoms with E-state index in [1.165, 1.54) is 11.3 Å². The third kappa shape index (κ3) is 2.95. The highest BCUT2D eigenvalue weighted by molar-refractivity contribution is 7.22. The molecular weight excluding hydrogens is 288 g/mol. The normalized spacial score (nSPS) is 10.3. The minimum atomic E-state index is -0.570. The number of aromatic nitrogens is 1. The Balaban J connectivity index is 1.77. The minimum absolute atomic E-state index is 0.468. The molecule has 1 aromatic heterocycles. The Labute approximate surface area is 125 Å². The number of thiazole rings is 1. The van der Waals surface area contributed by atoms with Gasteiger partial charge in [0.25, 0.3) is 0 Å². The van der Waals surface area contributed by atoms with Gasteiger partial charge < -0.3 is 9.47 Å². The van der Waals surface area contributed by atoms with Gasteiger partial charge in [0, 0.05) is 0 Å². The molecule has 0 unspecified atom stereocenters. The number of rotatable bonds is 3. The molecule has 106 valence electrons. The largest absolute Gasteiger partial charge is 0.494 e. The molecule has 0 fully saturated rings. The standard InChI is InChI=1S/C15H12N2O3S/c1-19-11-8-5-9-12-13(11)16-14(21-12)17-15(18)20-10-6-3-2-4-7-10/h2-9H,1H3,(H,16,17,18). The van der Waals surface area contributed by atoms with E-state index in [-0.39, 0.29) is 0 Å². The van der Waals surface area contributed by atoms with E-state index in [2.05, 4.69) is 10.3 Å². The Morgan fingerprint density at radius 3 is 2.71 bits per heavy atom. The van der Waals surface area contributed by atoms with E-state index in [9.17, 15) is 4.79 Å². The van der Waals surface area contributed by atoms with Gasteiger partial charge in [0.1, 0.15) is 17.0 Å². The summed E-state index contributed by atoms with van der Waals surface area (Å²) in [5.74, 6) is 1.15. The van der Waals surface area contributed by atoms with Crippen LogP contribution in [0.4, 0.5) is 9.93 Å². The number of anilines is 1. The summed E-state index contributed by atoms with van der Waals surface area (Å²) in [6.45, 7) is 0. The number of amides is 1. The van der Waals surface area contributed by atoms with E-state index in [1.54, 1.807) is 31.4 Å².